The van der Waals surface area contributed by atoms with E-state index in [1.165, 1.54) is 17.2 Å². The van der Waals surface area contributed by atoms with Gasteiger partial charge in [0.05, 0.1) is 29.0 Å². The van der Waals surface area contributed by atoms with Gasteiger partial charge in [-0.25, -0.2) is 14.6 Å². The largest absolute Gasteiger partial charge is 0.339 e. The van der Waals surface area contributed by atoms with Crippen LogP contribution in [0.2, 0.25) is 0 Å². The molecule has 1 unspecified atom stereocenters. The maximum Gasteiger partial charge on any atom is 0.261 e. The maximum atomic E-state index is 12.8. The van der Waals surface area contributed by atoms with E-state index in [2.05, 4.69) is 31.0 Å². The smallest absolute Gasteiger partial charge is 0.261 e. The summed E-state index contributed by atoms with van der Waals surface area (Å²) >= 11 is 3.38. The number of halogens is 1. The predicted octanol–water partition coefficient (Wildman–Crippen LogP) is 3.35. The highest BCUT2D eigenvalue weighted by Gasteiger charge is 2.18. The molecule has 2 aromatic carbocycles. The third kappa shape index (κ3) is 4.41. The normalized spacial score (nSPS) is 12.1. The molecular formula is C22H21BrN6O2. The molecule has 0 aliphatic rings. The van der Waals surface area contributed by atoms with Crippen LogP contribution in [0, 0.1) is 0 Å². The number of fused-ring (bicyclic) bond motifs is 1. The number of aromatic nitrogens is 5. The molecule has 0 aliphatic carbocycles. The Bertz CT molecular complexity index is 1270. The van der Waals surface area contributed by atoms with Gasteiger partial charge in [-0.3, -0.25) is 14.2 Å². The minimum atomic E-state index is -0.154. The number of benzene rings is 2. The maximum absolute atomic E-state index is 12.8. The first kappa shape index (κ1) is 20.9. The van der Waals surface area contributed by atoms with E-state index in [4.69, 9.17) is 0 Å². The van der Waals surface area contributed by atoms with E-state index in [-0.39, 0.29) is 30.5 Å². The summed E-state index contributed by atoms with van der Waals surface area (Å²) in [7, 11) is 1.77. The van der Waals surface area contributed by atoms with Crippen LogP contribution in [0.15, 0.2) is 70.7 Å². The summed E-state index contributed by atoms with van der Waals surface area (Å²) in [5, 5.41) is 4.64. The third-order valence-corrected chi connectivity index (χ3v) is 5.88. The Balaban J connectivity index is 1.43. The van der Waals surface area contributed by atoms with Gasteiger partial charge >= 0.3 is 0 Å². The lowest BCUT2D eigenvalue weighted by Crippen LogP contribution is -2.31. The Morgan fingerprint density at radius 3 is 2.65 bits per heavy atom. The number of nitrogens with zero attached hydrogens (tertiary/aromatic N) is 6. The van der Waals surface area contributed by atoms with Crippen LogP contribution in [0.4, 0.5) is 0 Å². The minimum Gasteiger partial charge on any atom is -0.339 e. The summed E-state index contributed by atoms with van der Waals surface area (Å²) in [5.41, 5.74) is 2.39. The number of hydrogen-bond donors (Lipinski definition) is 0. The molecule has 8 nitrogen and oxygen atoms in total. The van der Waals surface area contributed by atoms with Crippen LogP contribution in [0.25, 0.3) is 16.6 Å². The highest BCUT2D eigenvalue weighted by Crippen LogP contribution is 2.21. The molecule has 1 atom stereocenters. The topological polar surface area (TPSA) is 85.9 Å². The number of aryl methyl sites for hydroxylation is 1. The number of rotatable bonds is 6. The van der Waals surface area contributed by atoms with Crippen molar-refractivity contribution in [2.24, 2.45) is 0 Å². The van der Waals surface area contributed by atoms with Gasteiger partial charge in [0.15, 0.2) is 0 Å². The fourth-order valence-electron chi connectivity index (χ4n) is 3.37. The van der Waals surface area contributed by atoms with E-state index in [9.17, 15) is 9.59 Å². The van der Waals surface area contributed by atoms with E-state index in [0.717, 1.165) is 15.7 Å². The molecule has 31 heavy (non-hydrogen) atoms. The van der Waals surface area contributed by atoms with Crippen molar-refractivity contribution in [1.82, 2.24) is 29.2 Å². The van der Waals surface area contributed by atoms with Crippen molar-refractivity contribution >= 4 is 32.7 Å². The van der Waals surface area contributed by atoms with Crippen LogP contribution in [0.1, 0.15) is 24.9 Å². The van der Waals surface area contributed by atoms with E-state index in [1.54, 1.807) is 35.1 Å². The monoisotopic (exact) mass is 480 g/mol. The number of carbonyl (C=O) groups is 1. The zero-order chi connectivity index (χ0) is 22.0. The lowest BCUT2D eigenvalue weighted by atomic mass is 10.1. The quantitative estimate of drug-likeness (QED) is 0.422. The molecule has 0 fully saturated rings. The molecule has 0 spiro atoms. The SMILES string of the molecule is CC(c1ccc(-n2cncn2)cc1)N(C)C(=O)CCn1cnc2ccc(Br)cc2c1=O. The van der Waals surface area contributed by atoms with Crippen LogP contribution in [0.5, 0.6) is 0 Å². The molecule has 0 N–H and O–H groups in total. The third-order valence-electron chi connectivity index (χ3n) is 5.39. The number of hydrogen-bond acceptors (Lipinski definition) is 5. The highest BCUT2D eigenvalue weighted by atomic mass is 79.9. The Morgan fingerprint density at radius 1 is 1.16 bits per heavy atom. The molecule has 9 heteroatoms. The van der Waals surface area contributed by atoms with Crippen LogP contribution < -0.4 is 5.56 Å². The van der Waals surface area contributed by atoms with Crippen molar-refractivity contribution in [2.75, 3.05) is 7.05 Å². The van der Waals surface area contributed by atoms with Gasteiger partial charge in [0.2, 0.25) is 5.91 Å². The van der Waals surface area contributed by atoms with Crippen molar-refractivity contribution in [3.05, 3.63) is 81.8 Å². The average molecular weight is 481 g/mol. The van der Waals surface area contributed by atoms with E-state index < -0.39 is 0 Å². The molecule has 158 valence electrons. The van der Waals surface area contributed by atoms with E-state index in [1.807, 2.05) is 37.3 Å². The van der Waals surface area contributed by atoms with Crippen molar-refractivity contribution in [1.29, 1.82) is 0 Å². The first-order valence-electron chi connectivity index (χ1n) is 9.79. The Hall–Kier alpha value is -3.33. The molecule has 1 amide bonds. The van der Waals surface area contributed by atoms with Crippen molar-refractivity contribution in [3.8, 4) is 5.69 Å². The van der Waals surface area contributed by atoms with Crippen LogP contribution in [-0.4, -0.2) is 42.2 Å². The van der Waals surface area contributed by atoms with Gasteiger partial charge < -0.3 is 4.90 Å². The van der Waals surface area contributed by atoms with Gasteiger partial charge in [0.1, 0.15) is 12.7 Å². The van der Waals surface area contributed by atoms with Gasteiger partial charge in [-0.15, -0.1) is 0 Å². The Kier molecular flexibility index (Phi) is 5.94. The highest BCUT2D eigenvalue weighted by molar-refractivity contribution is 9.10. The van der Waals surface area contributed by atoms with Gasteiger partial charge in [-0.1, -0.05) is 28.1 Å². The molecule has 4 aromatic rings. The lowest BCUT2D eigenvalue weighted by Gasteiger charge is -2.25. The fourth-order valence-corrected chi connectivity index (χ4v) is 3.73. The summed E-state index contributed by atoms with van der Waals surface area (Å²) in [6.45, 7) is 2.25. The molecule has 0 saturated heterocycles. The second-order valence-corrected chi connectivity index (χ2v) is 8.18. The molecule has 4 rings (SSSR count). The van der Waals surface area contributed by atoms with Gasteiger partial charge in [0, 0.05) is 24.5 Å². The minimum absolute atomic E-state index is 0.0471. The lowest BCUT2D eigenvalue weighted by molar-refractivity contribution is -0.132. The molecule has 2 aromatic heterocycles. The zero-order valence-corrected chi connectivity index (χ0v) is 18.7. The molecule has 0 bridgehead atoms. The summed E-state index contributed by atoms with van der Waals surface area (Å²) < 4.78 is 3.98. The van der Waals surface area contributed by atoms with Crippen LogP contribution in [0.3, 0.4) is 0 Å². The van der Waals surface area contributed by atoms with E-state index >= 15 is 0 Å². The Morgan fingerprint density at radius 2 is 1.94 bits per heavy atom. The molecule has 0 aliphatic heterocycles. The van der Waals surface area contributed by atoms with Crippen molar-refractivity contribution < 1.29 is 4.79 Å². The van der Waals surface area contributed by atoms with Gasteiger partial charge in [-0.2, -0.15) is 5.10 Å². The number of amides is 1. The Labute approximate surface area is 187 Å². The summed E-state index contributed by atoms with van der Waals surface area (Å²) in [4.78, 5) is 35.5. The summed E-state index contributed by atoms with van der Waals surface area (Å²) in [5.74, 6) is -0.0471. The number of carbonyl (C=O) groups excluding carboxylic acids is 1. The van der Waals surface area contributed by atoms with E-state index in [0.29, 0.717) is 10.9 Å². The molecule has 0 radical (unpaired) electrons. The predicted molar refractivity (Wildman–Crippen MR) is 121 cm³/mol. The second kappa shape index (κ2) is 8.81. The average Bonchev–Trinajstić information content (AvgIpc) is 3.33. The zero-order valence-electron chi connectivity index (χ0n) is 17.1. The van der Waals surface area contributed by atoms with Gasteiger partial charge in [0.25, 0.3) is 5.56 Å². The first-order valence-corrected chi connectivity index (χ1v) is 10.6. The van der Waals surface area contributed by atoms with Gasteiger partial charge in [-0.05, 0) is 42.8 Å². The van der Waals surface area contributed by atoms with Crippen molar-refractivity contribution in [3.63, 3.8) is 0 Å². The molecule has 0 saturated carbocycles. The molecular weight excluding hydrogens is 460 g/mol. The standard InChI is InChI=1S/C22H21BrN6O2/c1-15(16-3-6-18(7-4-16)29-13-24-12-26-29)27(2)21(30)9-10-28-14-25-20-8-5-17(23)11-19(20)22(28)31/h3-8,11-15H,9-10H2,1-2H3. The summed E-state index contributed by atoms with van der Waals surface area (Å²) in [6, 6.07) is 13.1. The van der Waals surface area contributed by atoms with Crippen LogP contribution in [-0.2, 0) is 11.3 Å². The van der Waals surface area contributed by atoms with Crippen molar-refractivity contribution in [2.45, 2.75) is 25.9 Å². The second-order valence-electron chi connectivity index (χ2n) is 7.27. The molecule has 2 heterocycles. The fraction of sp³-hybridized carbons (Fsp3) is 0.227. The van der Waals surface area contributed by atoms with Crippen LogP contribution >= 0.6 is 15.9 Å². The first-order chi connectivity index (χ1) is 14.9. The summed E-state index contributed by atoms with van der Waals surface area (Å²) in [6.07, 6.45) is 4.83.